The maximum atomic E-state index is 13.6. The number of benzene rings is 1. The van der Waals surface area contributed by atoms with E-state index in [0.717, 1.165) is 38.0 Å². The molecule has 0 atom stereocenters. The first-order valence-electron chi connectivity index (χ1n) is 8.07. The van der Waals surface area contributed by atoms with E-state index in [-0.39, 0.29) is 16.9 Å². The second-order valence-corrected chi connectivity index (χ2v) is 7.10. The first kappa shape index (κ1) is 16.4. The number of halogens is 1. The van der Waals surface area contributed by atoms with Crippen LogP contribution in [0.4, 0.5) is 4.39 Å². The van der Waals surface area contributed by atoms with E-state index in [1.54, 1.807) is 12.1 Å². The summed E-state index contributed by atoms with van der Waals surface area (Å²) in [6.07, 6.45) is 2.22. The maximum Gasteiger partial charge on any atom is 0.123 e. The first-order chi connectivity index (χ1) is 9.82. The topological polar surface area (TPSA) is 15.3 Å². The predicted octanol–water partition coefficient (Wildman–Crippen LogP) is 3.88. The molecule has 0 aromatic heterocycles. The van der Waals surface area contributed by atoms with Gasteiger partial charge in [-0.25, -0.2) is 4.39 Å². The summed E-state index contributed by atoms with van der Waals surface area (Å²) >= 11 is 0. The van der Waals surface area contributed by atoms with Crippen LogP contribution < -0.4 is 5.32 Å². The van der Waals surface area contributed by atoms with Crippen molar-refractivity contribution in [1.29, 1.82) is 0 Å². The molecule has 1 aromatic rings. The lowest BCUT2D eigenvalue weighted by Gasteiger charge is -2.52. The van der Waals surface area contributed by atoms with Gasteiger partial charge in [0.2, 0.25) is 0 Å². The molecule has 0 bridgehead atoms. The molecule has 0 spiro atoms. The van der Waals surface area contributed by atoms with E-state index in [2.05, 4.69) is 44.8 Å². The van der Waals surface area contributed by atoms with Crippen molar-refractivity contribution in [2.45, 2.75) is 65.1 Å². The van der Waals surface area contributed by atoms with Gasteiger partial charge in [0.25, 0.3) is 0 Å². The predicted molar refractivity (Wildman–Crippen MR) is 86.9 cm³/mol. The van der Waals surface area contributed by atoms with Gasteiger partial charge in [-0.15, -0.1) is 0 Å². The van der Waals surface area contributed by atoms with Gasteiger partial charge in [-0.05, 0) is 56.9 Å². The molecule has 1 N–H and O–H groups in total. The van der Waals surface area contributed by atoms with E-state index in [1.807, 2.05) is 6.07 Å². The monoisotopic (exact) mass is 292 g/mol. The SMILES string of the molecule is CCC1(CC)CNC(C)(C)CN1Cc1cc(F)ccc1C. The van der Waals surface area contributed by atoms with Gasteiger partial charge in [-0.2, -0.15) is 0 Å². The van der Waals surface area contributed by atoms with Crippen molar-refractivity contribution in [3.63, 3.8) is 0 Å². The largest absolute Gasteiger partial charge is 0.309 e. The molecule has 2 rings (SSSR count). The number of piperazine rings is 1. The fourth-order valence-electron chi connectivity index (χ4n) is 3.40. The smallest absolute Gasteiger partial charge is 0.123 e. The van der Waals surface area contributed by atoms with Gasteiger partial charge in [0, 0.05) is 30.7 Å². The van der Waals surface area contributed by atoms with Gasteiger partial charge in [0.05, 0.1) is 0 Å². The zero-order valence-corrected chi connectivity index (χ0v) is 14.1. The molecular formula is C18H29FN2. The Hall–Kier alpha value is -0.930. The normalized spacial score (nSPS) is 21.4. The summed E-state index contributed by atoms with van der Waals surface area (Å²) in [5, 5.41) is 3.68. The average molecular weight is 292 g/mol. The number of nitrogens with one attached hydrogen (secondary N) is 1. The summed E-state index contributed by atoms with van der Waals surface area (Å²) in [4.78, 5) is 2.56. The van der Waals surface area contributed by atoms with E-state index in [0.29, 0.717) is 0 Å². The van der Waals surface area contributed by atoms with E-state index >= 15 is 0 Å². The Morgan fingerprint density at radius 3 is 2.52 bits per heavy atom. The molecule has 1 aromatic carbocycles. The number of rotatable bonds is 4. The lowest BCUT2D eigenvalue weighted by Crippen LogP contribution is -2.67. The summed E-state index contributed by atoms with van der Waals surface area (Å²) < 4.78 is 13.6. The van der Waals surface area contributed by atoms with Crippen LogP contribution in [0, 0.1) is 12.7 Å². The summed E-state index contributed by atoms with van der Waals surface area (Å²) in [6, 6.07) is 5.13. The van der Waals surface area contributed by atoms with E-state index in [9.17, 15) is 4.39 Å². The number of aryl methyl sites for hydroxylation is 1. The molecule has 1 heterocycles. The van der Waals surface area contributed by atoms with Crippen molar-refractivity contribution in [2.75, 3.05) is 13.1 Å². The third-order valence-corrected chi connectivity index (χ3v) is 5.14. The van der Waals surface area contributed by atoms with Crippen molar-refractivity contribution < 1.29 is 4.39 Å². The third kappa shape index (κ3) is 3.46. The minimum atomic E-state index is -0.136. The molecule has 118 valence electrons. The molecule has 2 nitrogen and oxygen atoms in total. The Kier molecular flexibility index (Phi) is 4.74. The molecule has 0 aliphatic carbocycles. The van der Waals surface area contributed by atoms with E-state index < -0.39 is 0 Å². The fraction of sp³-hybridized carbons (Fsp3) is 0.667. The van der Waals surface area contributed by atoms with E-state index in [1.165, 1.54) is 5.56 Å². The molecule has 0 saturated carbocycles. The van der Waals surface area contributed by atoms with Crippen molar-refractivity contribution >= 4 is 0 Å². The Morgan fingerprint density at radius 2 is 1.90 bits per heavy atom. The minimum absolute atomic E-state index is 0.106. The van der Waals surface area contributed by atoms with Crippen LogP contribution in [-0.4, -0.2) is 29.1 Å². The van der Waals surface area contributed by atoms with Crippen LogP contribution in [-0.2, 0) is 6.54 Å². The number of nitrogens with zero attached hydrogens (tertiary/aromatic N) is 1. The van der Waals surface area contributed by atoms with Gasteiger partial charge in [0.15, 0.2) is 0 Å². The van der Waals surface area contributed by atoms with Crippen molar-refractivity contribution in [3.05, 3.63) is 35.1 Å². The quantitative estimate of drug-likeness (QED) is 0.906. The van der Waals surface area contributed by atoms with Crippen molar-refractivity contribution in [2.24, 2.45) is 0 Å². The van der Waals surface area contributed by atoms with E-state index in [4.69, 9.17) is 0 Å². The number of hydrogen-bond acceptors (Lipinski definition) is 2. The molecule has 1 fully saturated rings. The minimum Gasteiger partial charge on any atom is -0.309 e. The van der Waals surface area contributed by atoms with Gasteiger partial charge >= 0.3 is 0 Å². The lowest BCUT2D eigenvalue weighted by molar-refractivity contribution is 0.00216. The van der Waals surface area contributed by atoms with Crippen LogP contribution in [0.15, 0.2) is 18.2 Å². The fourth-order valence-corrected chi connectivity index (χ4v) is 3.40. The molecule has 0 unspecified atom stereocenters. The standard InChI is InChI=1S/C18H29FN2/c1-6-18(7-2)12-20-17(4,5)13-21(18)11-15-10-16(19)9-8-14(15)3/h8-10,20H,6-7,11-13H2,1-5H3. The summed E-state index contributed by atoms with van der Waals surface area (Å²) in [5.74, 6) is -0.136. The van der Waals surface area contributed by atoms with Gasteiger partial charge in [-0.3, -0.25) is 4.90 Å². The van der Waals surface area contributed by atoms with Crippen LogP contribution in [0.2, 0.25) is 0 Å². The van der Waals surface area contributed by atoms with Crippen LogP contribution in [0.3, 0.4) is 0 Å². The molecule has 0 radical (unpaired) electrons. The molecule has 21 heavy (non-hydrogen) atoms. The summed E-state index contributed by atoms with van der Waals surface area (Å²) in [6.45, 7) is 13.9. The van der Waals surface area contributed by atoms with Crippen molar-refractivity contribution in [1.82, 2.24) is 10.2 Å². The molecule has 1 aliphatic rings. The zero-order valence-electron chi connectivity index (χ0n) is 14.1. The van der Waals surface area contributed by atoms with Crippen LogP contribution in [0.5, 0.6) is 0 Å². The second kappa shape index (κ2) is 6.05. The summed E-state index contributed by atoms with van der Waals surface area (Å²) in [7, 11) is 0. The van der Waals surface area contributed by atoms with Crippen LogP contribution >= 0.6 is 0 Å². The van der Waals surface area contributed by atoms with Gasteiger partial charge in [0.1, 0.15) is 5.82 Å². The molecule has 3 heteroatoms. The average Bonchev–Trinajstić information content (AvgIpc) is 2.43. The highest BCUT2D eigenvalue weighted by atomic mass is 19.1. The van der Waals surface area contributed by atoms with Gasteiger partial charge in [-0.1, -0.05) is 19.9 Å². The van der Waals surface area contributed by atoms with Gasteiger partial charge < -0.3 is 5.32 Å². The Balaban J connectivity index is 2.30. The highest BCUT2D eigenvalue weighted by Crippen LogP contribution is 2.32. The highest BCUT2D eigenvalue weighted by Gasteiger charge is 2.41. The lowest BCUT2D eigenvalue weighted by atomic mass is 9.83. The Bertz CT molecular complexity index is 492. The highest BCUT2D eigenvalue weighted by molar-refractivity contribution is 5.27. The number of hydrogen-bond donors (Lipinski definition) is 1. The third-order valence-electron chi connectivity index (χ3n) is 5.14. The second-order valence-electron chi connectivity index (χ2n) is 7.10. The van der Waals surface area contributed by atoms with Crippen LogP contribution in [0.25, 0.3) is 0 Å². The first-order valence-corrected chi connectivity index (χ1v) is 8.07. The molecular weight excluding hydrogens is 263 g/mol. The summed E-state index contributed by atoms with van der Waals surface area (Å²) in [5.41, 5.74) is 2.57. The molecule has 1 aliphatic heterocycles. The van der Waals surface area contributed by atoms with Crippen molar-refractivity contribution in [3.8, 4) is 0 Å². The Morgan fingerprint density at radius 1 is 1.24 bits per heavy atom. The zero-order chi connectivity index (χ0) is 15.7. The molecule has 1 saturated heterocycles. The Labute approximate surface area is 128 Å². The maximum absolute atomic E-state index is 13.6. The molecule has 0 amide bonds. The van der Waals surface area contributed by atoms with Crippen LogP contribution in [0.1, 0.15) is 51.7 Å².